The molecule has 1 aromatic carbocycles. The van der Waals surface area contributed by atoms with E-state index in [1.807, 2.05) is 31.2 Å². The van der Waals surface area contributed by atoms with E-state index in [1.165, 1.54) is 11.8 Å². The molecule has 0 aliphatic carbocycles. The van der Waals surface area contributed by atoms with Crippen molar-refractivity contribution in [2.24, 2.45) is 5.73 Å². The molecule has 2 rings (SSSR count). The van der Waals surface area contributed by atoms with Gasteiger partial charge in [-0.15, -0.1) is 5.10 Å². The number of benzene rings is 1. The van der Waals surface area contributed by atoms with Crippen molar-refractivity contribution in [3.63, 3.8) is 0 Å². The van der Waals surface area contributed by atoms with Gasteiger partial charge in [0.15, 0.2) is 5.16 Å². The Morgan fingerprint density at radius 2 is 2.16 bits per heavy atom. The van der Waals surface area contributed by atoms with E-state index < -0.39 is 0 Å². The molecule has 0 saturated carbocycles. The molecule has 102 valence electrons. The van der Waals surface area contributed by atoms with Gasteiger partial charge in [-0.1, -0.05) is 35.5 Å². The fraction of sp³-hybridized carbons (Fsp3) is 0.333. The molecular weight excluding hydrogens is 284 g/mol. The van der Waals surface area contributed by atoms with Gasteiger partial charge in [0, 0.05) is 23.4 Å². The summed E-state index contributed by atoms with van der Waals surface area (Å²) >= 11 is 7.34. The normalized spacial score (nSPS) is 12.6. The lowest BCUT2D eigenvalue weighted by Gasteiger charge is -2.14. The summed E-state index contributed by atoms with van der Waals surface area (Å²) in [5, 5.41) is 7.86. The lowest BCUT2D eigenvalue weighted by Crippen LogP contribution is -2.17. The molecule has 1 heterocycles. The first-order valence-corrected chi connectivity index (χ1v) is 7.18. The summed E-state index contributed by atoms with van der Waals surface area (Å²) in [6, 6.07) is 7.54. The summed E-state index contributed by atoms with van der Waals surface area (Å²) in [4.78, 5) is 11.5. The Kier molecular flexibility index (Phi) is 4.68. The highest BCUT2D eigenvalue weighted by molar-refractivity contribution is 7.99. The van der Waals surface area contributed by atoms with Crippen LogP contribution in [0.4, 0.5) is 0 Å². The molecule has 1 aromatic heterocycles. The number of nitrogens with one attached hydrogen (secondary N) is 1. The van der Waals surface area contributed by atoms with Gasteiger partial charge in [-0.25, -0.2) is 9.89 Å². The first-order valence-electron chi connectivity index (χ1n) is 5.93. The van der Waals surface area contributed by atoms with Gasteiger partial charge in [0.25, 0.3) is 0 Å². The number of hydrogen-bond donors (Lipinski definition) is 2. The highest BCUT2D eigenvalue weighted by atomic mass is 35.5. The molecule has 7 heteroatoms. The molecule has 1 atom stereocenters. The number of thioether (sulfide) groups is 1. The fourth-order valence-electron chi connectivity index (χ4n) is 1.73. The van der Waals surface area contributed by atoms with Crippen molar-refractivity contribution >= 4 is 23.4 Å². The van der Waals surface area contributed by atoms with Crippen molar-refractivity contribution < 1.29 is 0 Å². The van der Waals surface area contributed by atoms with Gasteiger partial charge < -0.3 is 5.73 Å². The van der Waals surface area contributed by atoms with Crippen LogP contribution < -0.4 is 11.4 Å². The fourth-order valence-corrected chi connectivity index (χ4v) is 2.94. The average Bonchev–Trinajstić information content (AvgIpc) is 2.77. The van der Waals surface area contributed by atoms with E-state index in [1.54, 1.807) is 4.57 Å². The Morgan fingerprint density at radius 3 is 2.74 bits per heavy atom. The van der Waals surface area contributed by atoms with E-state index in [2.05, 4.69) is 10.2 Å². The van der Waals surface area contributed by atoms with Crippen LogP contribution in [-0.4, -0.2) is 21.3 Å². The minimum Gasteiger partial charge on any atom is -0.329 e. The van der Waals surface area contributed by atoms with Crippen molar-refractivity contribution in [2.45, 2.75) is 23.9 Å². The van der Waals surface area contributed by atoms with Crippen LogP contribution in [0.2, 0.25) is 5.02 Å². The highest BCUT2D eigenvalue weighted by Crippen LogP contribution is 2.33. The second kappa shape index (κ2) is 6.27. The van der Waals surface area contributed by atoms with Crippen molar-refractivity contribution in [3.8, 4) is 0 Å². The van der Waals surface area contributed by atoms with Crippen LogP contribution >= 0.6 is 23.4 Å². The Morgan fingerprint density at radius 1 is 1.47 bits per heavy atom. The quantitative estimate of drug-likeness (QED) is 0.828. The molecule has 0 bridgehead atoms. The van der Waals surface area contributed by atoms with Gasteiger partial charge >= 0.3 is 5.69 Å². The summed E-state index contributed by atoms with van der Waals surface area (Å²) in [5.74, 6) is 0. The smallest absolute Gasteiger partial charge is 0.329 e. The SMILES string of the molecule is CCn1c(SC(CN)c2ccc(Cl)cc2)n[nH]c1=O. The van der Waals surface area contributed by atoms with Crippen LogP contribution in [0.5, 0.6) is 0 Å². The van der Waals surface area contributed by atoms with Crippen LogP contribution in [0.15, 0.2) is 34.2 Å². The largest absolute Gasteiger partial charge is 0.343 e. The van der Waals surface area contributed by atoms with Crippen molar-refractivity contribution in [1.82, 2.24) is 14.8 Å². The molecule has 0 spiro atoms. The second-order valence-corrected chi connectivity index (χ2v) is 5.56. The molecule has 2 aromatic rings. The van der Waals surface area contributed by atoms with E-state index in [0.717, 1.165) is 5.56 Å². The van der Waals surface area contributed by atoms with Gasteiger partial charge in [0.1, 0.15) is 0 Å². The number of aromatic amines is 1. The van der Waals surface area contributed by atoms with Crippen LogP contribution in [0, 0.1) is 0 Å². The topological polar surface area (TPSA) is 76.7 Å². The predicted octanol–water partition coefficient (Wildman–Crippen LogP) is 2.04. The minimum absolute atomic E-state index is 0.0396. The lowest BCUT2D eigenvalue weighted by molar-refractivity contribution is 0.658. The summed E-state index contributed by atoms with van der Waals surface area (Å²) in [6.45, 7) is 2.94. The monoisotopic (exact) mass is 298 g/mol. The number of hydrogen-bond acceptors (Lipinski definition) is 4. The maximum Gasteiger partial charge on any atom is 0.343 e. The maximum absolute atomic E-state index is 11.5. The van der Waals surface area contributed by atoms with Gasteiger partial charge in [-0.3, -0.25) is 4.57 Å². The van der Waals surface area contributed by atoms with Gasteiger partial charge in [0.05, 0.1) is 0 Å². The number of halogens is 1. The number of nitrogens with zero attached hydrogens (tertiary/aromatic N) is 2. The summed E-state index contributed by atoms with van der Waals surface area (Å²) < 4.78 is 1.59. The van der Waals surface area contributed by atoms with Gasteiger partial charge in [0.2, 0.25) is 0 Å². The Bertz CT molecular complexity index is 593. The van der Waals surface area contributed by atoms with E-state index in [-0.39, 0.29) is 10.9 Å². The summed E-state index contributed by atoms with van der Waals surface area (Å²) in [6.07, 6.45) is 0. The zero-order valence-corrected chi connectivity index (χ0v) is 12.0. The third kappa shape index (κ3) is 3.20. The van der Waals surface area contributed by atoms with Crippen LogP contribution in [0.1, 0.15) is 17.7 Å². The van der Waals surface area contributed by atoms with Crippen LogP contribution in [0.25, 0.3) is 0 Å². The van der Waals surface area contributed by atoms with Crippen molar-refractivity contribution in [1.29, 1.82) is 0 Å². The number of H-pyrrole nitrogens is 1. The first-order chi connectivity index (χ1) is 9.15. The summed E-state index contributed by atoms with van der Waals surface area (Å²) in [5.41, 5.74) is 6.68. The molecule has 3 N–H and O–H groups in total. The van der Waals surface area contributed by atoms with Crippen LogP contribution in [-0.2, 0) is 6.54 Å². The minimum atomic E-state index is -0.197. The third-order valence-electron chi connectivity index (χ3n) is 2.74. The molecule has 0 aliphatic rings. The van der Waals surface area contributed by atoms with E-state index in [4.69, 9.17) is 17.3 Å². The maximum atomic E-state index is 11.5. The molecular formula is C12H15ClN4OS. The van der Waals surface area contributed by atoms with E-state index >= 15 is 0 Å². The third-order valence-corrected chi connectivity index (χ3v) is 4.27. The van der Waals surface area contributed by atoms with E-state index in [9.17, 15) is 4.79 Å². The number of nitrogens with two attached hydrogens (primary N) is 1. The molecule has 5 nitrogen and oxygen atoms in total. The first kappa shape index (κ1) is 14.2. The average molecular weight is 299 g/mol. The van der Waals surface area contributed by atoms with E-state index in [0.29, 0.717) is 23.3 Å². The predicted molar refractivity (Wildman–Crippen MR) is 77.6 cm³/mol. The molecule has 19 heavy (non-hydrogen) atoms. The number of aromatic nitrogens is 3. The molecule has 1 unspecified atom stereocenters. The Hall–Kier alpha value is -1.24. The van der Waals surface area contributed by atoms with Gasteiger partial charge in [-0.2, -0.15) is 0 Å². The lowest BCUT2D eigenvalue weighted by atomic mass is 10.1. The zero-order chi connectivity index (χ0) is 13.8. The van der Waals surface area contributed by atoms with Crippen molar-refractivity contribution in [3.05, 3.63) is 45.3 Å². The van der Waals surface area contributed by atoms with Crippen LogP contribution in [0.3, 0.4) is 0 Å². The zero-order valence-electron chi connectivity index (χ0n) is 10.5. The molecule has 0 aliphatic heterocycles. The van der Waals surface area contributed by atoms with Gasteiger partial charge in [-0.05, 0) is 24.6 Å². The molecule has 0 saturated heterocycles. The summed E-state index contributed by atoms with van der Waals surface area (Å²) in [7, 11) is 0. The second-order valence-electron chi connectivity index (χ2n) is 3.95. The standard InChI is InChI=1S/C12H15ClN4OS/c1-2-17-11(18)15-16-12(17)19-10(7-14)8-3-5-9(13)6-4-8/h3-6,10H,2,7,14H2,1H3,(H,15,18). The molecule has 0 radical (unpaired) electrons. The Labute approximate surface area is 120 Å². The number of rotatable bonds is 5. The molecule has 0 amide bonds. The Balaban J connectivity index is 2.23. The highest BCUT2D eigenvalue weighted by Gasteiger charge is 2.16. The van der Waals surface area contributed by atoms with Crippen molar-refractivity contribution in [2.75, 3.05) is 6.54 Å². The molecule has 0 fully saturated rings.